The van der Waals surface area contributed by atoms with Gasteiger partial charge in [-0.15, -0.1) is 0 Å². The van der Waals surface area contributed by atoms with Gasteiger partial charge < -0.3 is 14.9 Å². The highest BCUT2D eigenvalue weighted by Gasteiger charge is 2.35. The molecule has 0 spiro atoms. The molecule has 0 aliphatic carbocycles. The quantitative estimate of drug-likeness (QED) is 0.717. The number of aromatic hydroxyl groups is 1. The molecule has 0 saturated carbocycles. The molecule has 0 radical (unpaired) electrons. The summed E-state index contributed by atoms with van der Waals surface area (Å²) in [4.78, 5) is 0. The molecule has 0 aromatic heterocycles. The van der Waals surface area contributed by atoms with Crippen LogP contribution >= 0.6 is 0 Å². The second-order valence-corrected chi connectivity index (χ2v) is 4.00. The Hall–Kier alpha value is -1.22. The highest BCUT2D eigenvalue weighted by molar-refractivity contribution is 5.45. The molecule has 0 unspecified atom stereocenters. The Morgan fingerprint density at radius 2 is 2.07 bits per heavy atom. The number of aliphatic hydroxyl groups excluding tert-OH is 1. The van der Waals surface area contributed by atoms with Crippen LogP contribution in [0.5, 0.6) is 11.5 Å². The molecular weight excluding hydrogens is 180 g/mol. The van der Waals surface area contributed by atoms with Crippen molar-refractivity contribution in [3.8, 4) is 11.5 Å². The zero-order chi connectivity index (χ0) is 10.3. The summed E-state index contributed by atoms with van der Waals surface area (Å²) in [5.41, 5.74) is 0.896. The van der Waals surface area contributed by atoms with E-state index in [1.165, 1.54) is 0 Å². The first-order valence-electron chi connectivity index (χ1n) is 4.77. The van der Waals surface area contributed by atoms with Gasteiger partial charge in [0.05, 0.1) is 5.92 Å². The Morgan fingerprint density at radius 3 is 2.71 bits per heavy atom. The summed E-state index contributed by atoms with van der Waals surface area (Å²) in [6.45, 7) is 4.05. The summed E-state index contributed by atoms with van der Waals surface area (Å²) in [6.07, 6.45) is -0.785. The molecule has 0 fully saturated rings. The molecule has 0 saturated heterocycles. The molecule has 1 aliphatic rings. The van der Waals surface area contributed by atoms with Crippen molar-refractivity contribution in [1.29, 1.82) is 0 Å². The van der Waals surface area contributed by atoms with Gasteiger partial charge >= 0.3 is 0 Å². The van der Waals surface area contributed by atoms with Crippen LogP contribution < -0.4 is 4.74 Å². The molecule has 2 atom stereocenters. The summed E-state index contributed by atoms with van der Waals surface area (Å²) >= 11 is 0. The fourth-order valence-electron chi connectivity index (χ4n) is 1.95. The second kappa shape index (κ2) is 3.17. The van der Waals surface area contributed by atoms with E-state index in [-0.39, 0.29) is 17.6 Å². The van der Waals surface area contributed by atoms with Gasteiger partial charge in [0.2, 0.25) is 6.29 Å². The number of hydrogen-bond donors (Lipinski definition) is 2. The van der Waals surface area contributed by atoms with Gasteiger partial charge in [0.25, 0.3) is 0 Å². The van der Waals surface area contributed by atoms with Crippen LogP contribution in [0.3, 0.4) is 0 Å². The molecule has 1 aromatic rings. The van der Waals surface area contributed by atoms with Crippen LogP contribution in [-0.2, 0) is 0 Å². The zero-order valence-corrected chi connectivity index (χ0v) is 8.27. The van der Waals surface area contributed by atoms with Crippen LogP contribution in [0.25, 0.3) is 0 Å². The lowest BCUT2D eigenvalue weighted by Gasteiger charge is -2.17. The maximum absolute atomic E-state index is 9.67. The van der Waals surface area contributed by atoms with E-state index < -0.39 is 6.29 Å². The lowest BCUT2D eigenvalue weighted by Crippen LogP contribution is -2.21. The maximum Gasteiger partial charge on any atom is 0.204 e. The van der Waals surface area contributed by atoms with E-state index in [2.05, 4.69) is 0 Å². The van der Waals surface area contributed by atoms with Gasteiger partial charge in [0, 0.05) is 5.56 Å². The van der Waals surface area contributed by atoms with E-state index in [0.717, 1.165) is 5.56 Å². The molecule has 1 aliphatic heterocycles. The highest BCUT2D eigenvalue weighted by Crippen LogP contribution is 2.42. The number of ether oxygens (including phenoxy) is 1. The average Bonchev–Trinajstić information content (AvgIpc) is 2.40. The number of phenols is 1. The summed E-state index contributed by atoms with van der Waals surface area (Å²) in [5.74, 6) is 1.13. The van der Waals surface area contributed by atoms with Crippen LogP contribution in [0, 0.1) is 5.92 Å². The van der Waals surface area contributed by atoms with Crippen molar-refractivity contribution >= 4 is 0 Å². The monoisotopic (exact) mass is 194 g/mol. The largest absolute Gasteiger partial charge is 0.508 e. The van der Waals surface area contributed by atoms with Crippen LogP contribution in [-0.4, -0.2) is 16.5 Å². The first kappa shape index (κ1) is 9.34. The van der Waals surface area contributed by atoms with Crippen molar-refractivity contribution < 1.29 is 14.9 Å². The minimum Gasteiger partial charge on any atom is -0.508 e. The molecule has 1 aromatic carbocycles. The first-order chi connectivity index (χ1) is 6.59. The fraction of sp³-hybridized carbons (Fsp3) is 0.455. The molecule has 2 rings (SSSR count). The predicted molar refractivity (Wildman–Crippen MR) is 52.3 cm³/mol. The summed E-state index contributed by atoms with van der Waals surface area (Å²) in [6, 6.07) is 4.92. The minimum absolute atomic E-state index is 0.0444. The lowest BCUT2D eigenvalue weighted by molar-refractivity contribution is -0.0280. The van der Waals surface area contributed by atoms with Crippen LogP contribution in [0.4, 0.5) is 0 Å². The van der Waals surface area contributed by atoms with Crippen molar-refractivity contribution in [2.45, 2.75) is 26.1 Å². The first-order valence-corrected chi connectivity index (χ1v) is 4.77. The standard InChI is InChI=1S/C11H14O3/c1-6(2)10-8-5-7(12)3-4-9(8)14-11(10)13/h3-6,10-13H,1-2H3/t10-,11-/m1/s1. The summed E-state index contributed by atoms with van der Waals surface area (Å²) in [7, 11) is 0. The third-order valence-electron chi connectivity index (χ3n) is 2.63. The SMILES string of the molecule is CC(C)[C@@H]1c2cc(O)ccc2O[C@H]1O. The van der Waals surface area contributed by atoms with Gasteiger partial charge in [-0.25, -0.2) is 0 Å². The summed E-state index contributed by atoms with van der Waals surface area (Å²) in [5, 5.41) is 19.0. The van der Waals surface area contributed by atoms with Crippen molar-refractivity contribution in [2.75, 3.05) is 0 Å². The Kier molecular flexibility index (Phi) is 2.11. The normalized spacial score (nSPS) is 24.9. The van der Waals surface area contributed by atoms with Gasteiger partial charge in [-0.05, 0) is 24.1 Å². The van der Waals surface area contributed by atoms with E-state index in [1.807, 2.05) is 13.8 Å². The molecule has 14 heavy (non-hydrogen) atoms. The number of phenolic OH excluding ortho intramolecular Hbond substituents is 1. The topological polar surface area (TPSA) is 49.7 Å². The van der Waals surface area contributed by atoms with Gasteiger partial charge in [-0.2, -0.15) is 0 Å². The molecule has 1 heterocycles. The van der Waals surface area contributed by atoms with Gasteiger partial charge in [0.1, 0.15) is 11.5 Å². The highest BCUT2D eigenvalue weighted by atomic mass is 16.6. The van der Waals surface area contributed by atoms with E-state index in [0.29, 0.717) is 5.75 Å². The Morgan fingerprint density at radius 1 is 1.36 bits per heavy atom. The average molecular weight is 194 g/mol. The predicted octanol–water partition coefficient (Wildman–Crippen LogP) is 1.84. The van der Waals surface area contributed by atoms with Crippen LogP contribution in [0.2, 0.25) is 0 Å². The fourth-order valence-corrected chi connectivity index (χ4v) is 1.95. The Labute approximate surface area is 83.0 Å². The lowest BCUT2D eigenvalue weighted by atomic mass is 9.89. The van der Waals surface area contributed by atoms with E-state index in [4.69, 9.17) is 4.74 Å². The molecule has 2 N–H and O–H groups in total. The van der Waals surface area contributed by atoms with Gasteiger partial charge in [0.15, 0.2) is 0 Å². The minimum atomic E-state index is -0.785. The van der Waals surface area contributed by atoms with Crippen molar-refractivity contribution in [3.05, 3.63) is 23.8 Å². The smallest absolute Gasteiger partial charge is 0.204 e. The Balaban J connectivity index is 2.44. The molecule has 0 bridgehead atoms. The van der Waals surface area contributed by atoms with Crippen LogP contribution in [0.15, 0.2) is 18.2 Å². The molecule has 76 valence electrons. The van der Waals surface area contributed by atoms with Crippen LogP contribution in [0.1, 0.15) is 25.3 Å². The molecule has 3 nitrogen and oxygen atoms in total. The molecule has 0 amide bonds. The second-order valence-electron chi connectivity index (χ2n) is 4.00. The van der Waals surface area contributed by atoms with Crippen molar-refractivity contribution in [3.63, 3.8) is 0 Å². The third kappa shape index (κ3) is 1.34. The third-order valence-corrected chi connectivity index (χ3v) is 2.63. The van der Waals surface area contributed by atoms with E-state index in [9.17, 15) is 10.2 Å². The number of fused-ring (bicyclic) bond motifs is 1. The molecular formula is C11H14O3. The number of rotatable bonds is 1. The number of aliphatic hydroxyl groups is 1. The Bertz CT molecular complexity index is 346. The maximum atomic E-state index is 9.67. The zero-order valence-electron chi connectivity index (χ0n) is 8.27. The number of benzene rings is 1. The van der Waals surface area contributed by atoms with Crippen molar-refractivity contribution in [2.24, 2.45) is 5.92 Å². The van der Waals surface area contributed by atoms with Gasteiger partial charge in [-0.3, -0.25) is 0 Å². The summed E-state index contributed by atoms with van der Waals surface area (Å²) < 4.78 is 5.28. The van der Waals surface area contributed by atoms with E-state index >= 15 is 0 Å². The van der Waals surface area contributed by atoms with Crippen molar-refractivity contribution in [1.82, 2.24) is 0 Å². The number of hydrogen-bond acceptors (Lipinski definition) is 3. The molecule has 3 heteroatoms. The van der Waals surface area contributed by atoms with E-state index in [1.54, 1.807) is 18.2 Å². The van der Waals surface area contributed by atoms with Gasteiger partial charge in [-0.1, -0.05) is 13.8 Å².